The minimum absolute atomic E-state index is 0.277. The smallest absolute Gasteiger partial charge is 0.332 e. The summed E-state index contributed by atoms with van der Waals surface area (Å²) in [6.45, 7) is 9.73. The van der Waals surface area contributed by atoms with Gasteiger partial charge in [0.1, 0.15) is 0 Å². The van der Waals surface area contributed by atoms with Gasteiger partial charge in [-0.05, 0) is 30.6 Å². The third-order valence-corrected chi connectivity index (χ3v) is 4.02. The van der Waals surface area contributed by atoms with Gasteiger partial charge in [-0.25, -0.2) is 4.79 Å². The largest absolute Gasteiger partial charge is 0.478 e. The lowest BCUT2D eigenvalue weighted by Crippen LogP contribution is -2.31. The van der Waals surface area contributed by atoms with Gasteiger partial charge in [-0.15, -0.1) is 6.58 Å². The van der Waals surface area contributed by atoms with Crippen LogP contribution in [-0.2, 0) is 4.79 Å². The highest BCUT2D eigenvalue weighted by molar-refractivity contribution is 5.89. The fraction of sp³-hybridized carbons (Fsp3) is 0.562. The SMILES string of the molecule is C=CCC1=C[C@@H]2C(=C(C(=O)O)C(C)(C)C)C[C@H]2C1. The van der Waals surface area contributed by atoms with Gasteiger partial charge in [0, 0.05) is 11.5 Å². The van der Waals surface area contributed by atoms with Crippen LogP contribution in [0.3, 0.4) is 0 Å². The highest BCUT2D eigenvalue weighted by atomic mass is 16.4. The van der Waals surface area contributed by atoms with Crippen LogP contribution in [0.2, 0.25) is 0 Å². The molecule has 18 heavy (non-hydrogen) atoms. The summed E-state index contributed by atoms with van der Waals surface area (Å²) in [4.78, 5) is 11.5. The Morgan fingerprint density at radius 1 is 1.50 bits per heavy atom. The maximum absolute atomic E-state index is 11.5. The summed E-state index contributed by atoms with van der Waals surface area (Å²) in [5.74, 6) is 0.276. The average Bonchev–Trinajstić information content (AvgIpc) is 2.50. The van der Waals surface area contributed by atoms with E-state index < -0.39 is 5.97 Å². The highest BCUT2D eigenvalue weighted by Crippen LogP contribution is 2.53. The maximum Gasteiger partial charge on any atom is 0.332 e. The van der Waals surface area contributed by atoms with Crippen LogP contribution in [-0.4, -0.2) is 11.1 Å². The number of aliphatic carboxylic acids is 1. The van der Waals surface area contributed by atoms with Crippen LogP contribution in [0.4, 0.5) is 0 Å². The Bertz CT molecular complexity index is 446. The molecule has 2 heteroatoms. The Labute approximate surface area is 109 Å². The molecule has 0 heterocycles. The van der Waals surface area contributed by atoms with Crippen molar-refractivity contribution in [2.24, 2.45) is 17.3 Å². The lowest BCUT2D eigenvalue weighted by atomic mass is 9.65. The first kappa shape index (κ1) is 13.1. The molecule has 2 aliphatic carbocycles. The minimum Gasteiger partial charge on any atom is -0.478 e. The van der Waals surface area contributed by atoms with Crippen LogP contribution in [0.15, 0.2) is 35.5 Å². The number of fused-ring (bicyclic) bond motifs is 1. The van der Waals surface area contributed by atoms with Gasteiger partial charge in [-0.1, -0.05) is 44.1 Å². The second kappa shape index (κ2) is 4.42. The second-order valence-corrected chi connectivity index (χ2v) is 6.47. The number of rotatable bonds is 3. The van der Waals surface area contributed by atoms with Gasteiger partial charge in [0.15, 0.2) is 0 Å². The van der Waals surface area contributed by atoms with E-state index in [1.165, 1.54) is 5.57 Å². The molecule has 0 saturated heterocycles. The molecular formula is C16H22O2. The first-order valence-corrected chi connectivity index (χ1v) is 6.62. The summed E-state index contributed by atoms with van der Waals surface area (Å²) in [5, 5.41) is 9.44. The molecule has 0 radical (unpaired) electrons. The Hall–Kier alpha value is -1.31. The van der Waals surface area contributed by atoms with Crippen molar-refractivity contribution in [3.05, 3.63) is 35.5 Å². The Kier molecular flexibility index (Phi) is 3.22. The van der Waals surface area contributed by atoms with Gasteiger partial charge >= 0.3 is 5.97 Å². The molecule has 1 fully saturated rings. The molecule has 0 aromatic carbocycles. The lowest BCUT2D eigenvalue weighted by molar-refractivity contribution is -0.133. The molecule has 1 saturated carbocycles. The van der Waals surface area contributed by atoms with Crippen molar-refractivity contribution in [2.75, 3.05) is 0 Å². The zero-order valence-electron chi connectivity index (χ0n) is 11.5. The Balaban J connectivity index is 2.30. The van der Waals surface area contributed by atoms with E-state index in [1.807, 2.05) is 26.8 Å². The number of allylic oxidation sites excluding steroid dienone is 4. The monoisotopic (exact) mass is 246 g/mol. The van der Waals surface area contributed by atoms with Crippen LogP contribution < -0.4 is 0 Å². The summed E-state index contributed by atoms with van der Waals surface area (Å²) < 4.78 is 0. The average molecular weight is 246 g/mol. The normalized spacial score (nSPS) is 29.2. The fourth-order valence-corrected chi connectivity index (χ4v) is 3.31. The first-order chi connectivity index (χ1) is 8.34. The predicted molar refractivity (Wildman–Crippen MR) is 73.2 cm³/mol. The summed E-state index contributed by atoms with van der Waals surface area (Å²) in [6.07, 6.45) is 7.23. The van der Waals surface area contributed by atoms with Crippen molar-refractivity contribution in [1.29, 1.82) is 0 Å². The number of carboxylic acids is 1. The van der Waals surface area contributed by atoms with Gasteiger partial charge < -0.3 is 5.11 Å². The van der Waals surface area contributed by atoms with Gasteiger partial charge in [-0.3, -0.25) is 0 Å². The molecular weight excluding hydrogens is 224 g/mol. The standard InChI is InChI=1S/C16H22O2/c1-5-6-10-7-11-9-13(12(11)8-10)14(15(17)18)16(2,3)4/h5,8,11-12H,1,6-7,9H2,2-4H3,(H,17,18)/t11-,12+/m1/s1. The predicted octanol–water partition coefficient (Wildman–Crippen LogP) is 3.96. The van der Waals surface area contributed by atoms with Crippen molar-refractivity contribution >= 4 is 5.97 Å². The van der Waals surface area contributed by atoms with Crippen LogP contribution in [0, 0.1) is 17.3 Å². The molecule has 0 aromatic heterocycles. The third-order valence-electron chi connectivity index (χ3n) is 4.02. The molecule has 2 rings (SSSR count). The van der Waals surface area contributed by atoms with Crippen LogP contribution in [0.25, 0.3) is 0 Å². The Morgan fingerprint density at radius 3 is 2.67 bits per heavy atom. The van der Waals surface area contributed by atoms with Crippen molar-refractivity contribution in [1.82, 2.24) is 0 Å². The van der Waals surface area contributed by atoms with E-state index >= 15 is 0 Å². The summed E-state index contributed by atoms with van der Waals surface area (Å²) in [7, 11) is 0. The molecule has 1 N–H and O–H groups in total. The summed E-state index contributed by atoms with van der Waals surface area (Å²) in [6, 6.07) is 0. The van der Waals surface area contributed by atoms with E-state index in [2.05, 4.69) is 12.7 Å². The van der Waals surface area contributed by atoms with Crippen molar-refractivity contribution < 1.29 is 9.90 Å². The summed E-state index contributed by atoms with van der Waals surface area (Å²) >= 11 is 0. The highest BCUT2D eigenvalue weighted by Gasteiger charge is 2.43. The van der Waals surface area contributed by atoms with Gasteiger partial charge in [0.25, 0.3) is 0 Å². The van der Waals surface area contributed by atoms with Gasteiger partial charge in [0.2, 0.25) is 0 Å². The first-order valence-electron chi connectivity index (χ1n) is 6.62. The zero-order valence-corrected chi connectivity index (χ0v) is 11.5. The van der Waals surface area contributed by atoms with Gasteiger partial charge in [-0.2, -0.15) is 0 Å². The molecule has 2 aliphatic rings. The molecule has 0 unspecified atom stereocenters. The lowest BCUT2D eigenvalue weighted by Gasteiger charge is -2.38. The van der Waals surface area contributed by atoms with Crippen LogP contribution in [0.1, 0.15) is 40.0 Å². The van der Waals surface area contributed by atoms with Crippen LogP contribution >= 0.6 is 0 Å². The third kappa shape index (κ3) is 2.16. The number of hydrogen-bond acceptors (Lipinski definition) is 1. The molecule has 0 aromatic rings. The van der Waals surface area contributed by atoms with Crippen molar-refractivity contribution in [3.8, 4) is 0 Å². The molecule has 2 atom stereocenters. The number of carboxylic acid groups (broad SMARTS) is 1. The molecule has 0 spiro atoms. The maximum atomic E-state index is 11.5. The van der Waals surface area contributed by atoms with Crippen LogP contribution in [0.5, 0.6) is 0 Å². The van der Waals surface area contributed by atoms with E-state index in [0.29, 0.717) is 17.4 Å². The minimum atomic E-state index is -0.749. The topological polar surface area (TPSA) is 37.3 Å². The number of hydrogen-bond donors (Lipinski definition) is 1. The fourth-order valence-electron chi connectivity index (χ4n) is 3.31. The van der Waals surface area contributed by atoms with Crippen molar-refractivity contribution in [3.63, 3.8) is 0 Å². The molecule has 0 bridgehead atoms. The van der Waals surface area contributed by atoms with Crippen molar-refractivity contribution in [2.45, 2.75) is 40.0 Å². The van der Waals surface area contributed by atoms with E-state index in [1.54, 1.807) is 0 Å². The second-order valence-electron chi connectivity index (χ2n) is 6.47. The zero-order chi connectivity index (χ0) is 13.5. The molecule has 98 valence electrons. The summed E-state index contributed by atoms with van der Waals surface area (Å²) in [5.41, 5.74) is 2.92. The van der Waals surface area contributed by atoms with E-state index in [-0.39, 0.29) is 5.41 Å². The molecule has 0 amide bonds. The van der Waals surface area contributed by atoms with Gasteiger partial charge in [0.05, 0.1) is 0 Å². The van der Waals surface area contributed by atoms with E-state index in [0.717, 1.165) is 24.8 Å². The molecule has 2 nitrogen and oxygen atoms in total. The Morgan fingerprint density at radius 2 is 2.17 bits per heavy atom. The quantitative estimate of drug-likeness (QED) is 0.604. The number of carbonyl (C=O) groups is 1. The molecule has 0 aliphatic heterocycles. The van der Waals surface area contributed by atoms with E-state index in [4.69, 9.17) is 0 Å². The van der Waals surface area contributed by atoms with E-state index in [9.17, 15) is 9.90 Å².